The lowest BCUT2D eigenvalue weighted by Gasteiger charge is -2.18. The molecule has 4 rings (SSSR count). The molecule has 12 heteroatoms. The van der Waals surface area contributed by atoms with E-state index in [0.29, 0.717) is 28.7 Å². The second-order valence-electron chi connectivity index (χ2n) is 8.78. The predicted octanol–water partition coefficient (Wildman–Crippen LogP) is 7.40. The van der Waals surface area contributed by atoms with Crippen LogP contribution in [0.15, 0.2) is 78.0 Å². The van der Waals surface area contributed by atoms with Crippen LogP contribution in [0.3, 0.4) is 0 Å². The average molecular weight is 565 g/mol. The van der Waals surface area contributed by atoms with E-state index in [9.17, 15) is 31.1 Å². The molecule has 0 aliphatic carbocycles. The third-order valence-corrected chi connectivity index (χ3v) is 6.75. The molecular weight excluding hydrogens is 542 g/mol. The van der Waals surface area contributed by atoms with Crippen molar-refractivity contribution in [2.75, 3.05) is 0 Å². The first-order chi connectivity index (χ1) is 18.3. The Bertz CT molecular complexity index is 1420. The molecule has 1 amide bonds. The van der Waals surface area contributed by atoms with E-state index in [1.54, 1.807) is 4.57 Å². The van der Waals surface area contributed by atoms with Crippen molar-refractivity contribution in [1.29, 1.82) is 0 Å². The first-order valence-corrected chi connectivity index (χ1v) is 12.6. The maximum atomic E-state index is 13.3. The van der Waals surface area contributed by atoms with Crippen LogP contribution in [-0.2, 0) is 18.1 Å². The number of rotatable bonds is 7. The lowest BCUT2D eigenvalue weighted by atomic mass is 10.0. The molecule has 1 aromatic heterocycles. The van der Waals surface area contributed by atoms with Crippen LogP contribution in [0.2, 0.25) is 0 Å². The summed E-state index contributed by atoms with van der Waals surface area (Å²) in [5.41, 5.74) is -1.21. The standard InChI is InChI=1S/C27H22F6N4OS/c1-16-8-10-22(11-9-16)37-23(35-36-25(37)39-15-18-6-4-3-5-7-18)17(2)34-24(38)19-12-20(26(28,29)30)14-21(13-19)27(31,32)33/h3-14,17H,15H2,1-2H3,(H,34,38). The van der Waals surface area contributed by atoms with Gasteiger partial charge < -0.3 is 5.32 Å². The first-order valence-electron chi connectivity index (χ1n) is 11.6. The third-order valence-electron chi connectivity index (χ3n) is 5.75. The molecule has 0 spiro atoms. The first kappa shape index (κ1) is 28.2. The number of benzene rings is 3. The van der Waals surface area contributed by atoms with Crippen molar-refractivity contribution in [3.05, 3.63) is 106 Å². The van der Waals surface area contributed by atoms with Gasteiger partial charge >= 0.3 is 12.4 Å². The van der Waals surface area contributed by atoms with Gasteiger partial charge in [0, 0.05) is 17.0 Å². The summed E-state index contributed by atoms with van der Waals surface area (Å²) < 4.78 is 81.3. The lowest BCUT2D eigenvalue weighted by Crippen LogP contribution is -2.29. The Hall–Kier alpha value is -3.80. The number of nitrogens with zero attached hydrogens (tertiary/aromatic N) is 3. The summed E-state index contributed by atoms with van der Waals surface area (Å²) >= 11 is 1.39. The van der Waals surface area contributed by atoms with E-state index in [1.807, 2.05) is 61.5 Å². The molecule has 0 aliphatic rings. The number of hydrogen-bond donors (Lipinski definition) is 1. The summed E-state index contributed by atoms with van der Waals surface area (Å²) in [5, 5.41) is 11.4. The lowest BCUT2D eigenvalue weighted by molar-refractivity contribution is -0.143. The van der Waals surface area contributed by atoms with Crippen molar-refractivity contribution in [3.63, 3.8) is 0 Å². The molecule has 5 nitrogen and oxygen atoms in total. The van der Waals surface area contributed by atoms with Gasteiger partial charge in [-0.3, -0.25) is 9.36 Å². The molecule has 0 radical (unpaired) electrons. The second kappa shape index (κ2) is 11.1. The summed E-state index contributed by atoms with van der Waals surface area (Å²) in [4.78, 5) is 12.9. The Morgan fingerprint density at radius 1 is 0.897 bits per heavy atom. The van der Waals surface area contributed by atoms with Crippen molar-refractivity contribution in [2.24, 2.45) is 0 Å². The van der Waals surface area contributed by atoms with Crippen molar-refractivity contribution < 1.29 is 31.1 Å². The molecule has 1 heterocycles. The Labute approximate surface area is 224 Å². The minimum Gasteiger partial charge on any atom is -0.342 e. The van der Waals surface area contributed by atoms with Gasteiger partial charge in [0.15, 0.2) is 11.0 Å². The Morgan fingerprint density at radius 3 is 2.05 bits per heavy atom. The maximum absolute atomic E-state index is 13.3. The summed E-state index contributed by atoms with van der Waals surface area (Å²) in [6, 6.07) is 16.8. The van der Waals surface area contributed by atoms with Crippen molar-refractivity contribution in [1.82, 2.24) is 20.1 Å². The molecular formula is C27H22F6N4OS. The Morgan fingerprint density at radius 2 is 1.49 bits per heavy atom. The smallest absolute Gasteiger partial charge is 0.342 e. The molecule has 1 atom stereocenters. The number of carbonyl (C=O) groups is 1. The maximum Gasteiger partial charge on any atom is 0.416 e. The van der Waals surface area contributed by atoms with Crippen LogP contribution in [0.1, 0.15) is 51.4 Å². The van der Waals surface area contributed by atoms with Crippen LogP contribution < -0.4 is 5.32 Å². The summed E-state index contributed by atoms with van der Waals surface area (Å²) in [5.74, 6) is -0.294. The van der Waals surface area contributed by atoms with Crippen molar-refractivity contribution in [2.45, 2.75) is 43.2 Å². The monoisotopic (exact) mass is 564 g/mol. The zero-order valence-corrected chi connectivity index (χ0v) is 21.5. The molecule has 0 bridgehead atoms. The highest BCUT2D eigenvalue weighted by molar-refractivity contribution is 7.98. The van der Waals surface area contributed by atoms with Gasteiger partial charge in [-0.25, -0.2) is 0 Å². The number of nitrogens with one attached hydrogen (secondary N) is 1. The minimum absolute atomic E-state index is 0.0233. The molecule has 1 N–H and O–H groups in total. The van der Waals surface area contributed by atoms with Gasteiger partial charge in [-0.15, -0.1) is 10.2 Å². The zero-order valence-electron chi connectivity index (χ0n) is 20.6. The minimum atomic E-state index is -5.07. The third kappa shape index (κ3) is 6.80. The van der Waals surface area contributed by atoms with Crippen molar-refractivity contribution in [3.8, 4) is 5.69 Å². The quantitative estimate of drug-likeness (QED) is 0.188. The van der Waals surface area contributed by atoms with Gasteiger partial charge in [-0.1, -0.05) is 59.8 Å². The highest BCUT2D eigenvalue weighted by Gasteiger charge is 2.37. The number of alkyl halides is 6. The largest absolute Gasteiger partial charge is 0.416 e. The van der Waals surface area contributed by atoms with Crippen LogP contribution in [-0.4, -0.2) is 20.7 Å². The molecule has 0 saturated carbocycles. The summed E-state index contributed by atoms with van der Waals surface area (Å²) in [6.45, 7) is 3.44. The van der Waals surface area contributed by atoms with Crippen molar-refractivity contribution >= 4 is 17.7 Å². The Kier molecular flexibility index (Phi) is 8.05. The molecule has 0 aliphatic heterocycles. The van der Waals surface area contributed by atoms with Gasteiger partial charge in [0.1, 0.15) is 0 Å². The molecule has 4 aromatic rings. The molecule has 204 valence electrons. The van der Waals surface area contributed by atoms with E-state index < -0.39 is 41.0 Å². The number of amides is 1. The number of halogens is 6. The van der Waals surface area contributed by atoms with Gasteiger partial charge in [0.05, 0.1) is 17.2 Å². The van der Waals surface area contributed by atoms with E-state index >= 15 is 0 Å². The topological polar surface area (TPSA) is 59.8 Å². The number of hydrogen-bond acceptors (Lipinski definition) is 4. The zero-order chi connectivity index (χ0) is 28.4. The van der Waals surface area contributed by atoms with E-state index in [1.165, 1.54) is 18.7 Å². The number of aryl methyl sites for hydroxylation is 1. The molecule has 39 heavy (non-hydrogen) atoms. The fraction of sp³-hybridized carbons (Fsp3) is 0.222. The molecule has 3 aromatic carbocycles. The van der Waals surface area contributed by atoms with Crippen LogP contribution in [0.5, 0.6) is 0 Å². The van der Waals surface area contributed by atoms with E-state index in [-0.39, 0.29) is 11.9 Å². The fourth-order valence-electron chi connectivity index (χ4n) is 3.74. The summed E-state index contributed by atoms with van der Waals surface area (Å²) in [6.07, 6.45) is -10.1. The van der Waals surface area contributed by atoms with Crippen LogP contribution in [0, 0.1) is 6.92 Å². The number of carbonyl (C=O) groups excluding carboxylic acids is 1. The summed E-state index contributed by atoms with van der Waals surface area (Å²) in [7, 11) is 0. The fourth-order valence-corrected chi connectivity index (χ4v) is 4.66. The Balaban J connectivity index is 1.66. The highest BCUT2D eigenvalue weighted by Crippen LogP contribution is 2.36. The highest BCUT2D eigenvalue weighted by atomic mass is 32.2. The van der Waals surface area contributed by atoms with Gasteiger partial charge in [-0.05, 0) is 49.7 Å². The molecule has 0 fully saturated rings. The van der Waals surface area contributed by atoms with Crippen LogP contribution in [0.25, 0.3) is 5.69 Å². The van der Waals surface area contributed by atoms with Gasteiger partial charge in [0.2, 0.25) is 0 Å². The second-order valence-corrected chi connectivity index (χ2v) is 9.72. The van der Waals surface area contributed by atoms with Gasteiger partial charge in [-0.2, -0.15) is 26.3 Å². The number of thioether (sulfide) groups is 1. The van der Waals surface area contributed by atoms with E-state index in [0.717, 1.165) is 11.1 Å². The SMILES string of the molecule is Cc1ccc(-n2c(SCc3ccccc3)nnc2C(C)NC(=O)c2cc(C(F)(F)F)cc(C(F)(F)F)c2)cc1. The number of aromatic nitrogens is 3. The normalized spacial score (nSPS) is 12.8. The van der Waals surface area contributed by atoms with Crippen LogP contribution in [0.4, 0.5) is 26.3 Å². The van der Waals surface area contributed by atoms with E-state index in [4.69, 9.17) is 0 Å². The van der Waals surface area contributed by atoms with Gasteiger partial charge in [0.25, 0.3) is 5.91 Å². The molecule has 1 unspecified atom stereocenters. The molecule has 0 saturated heterocycles. The van der Waals surface area contributed by atoms with Crippen LogP contribution >= 0.6 is 11.8 Å². The van der Waals surface area contributed by atoms with E-state index in [2.05, 4.69) is 15.5 Å². The average Bonchev–Trinajstić information content (AvgIpc) is 3.31. The predicted molar refractivity (Wildman–Crippen MR) is 134 cm³/mol.